The number of likely N-dealkylation sites (tertiary alicyclic amines) is 1. The molecular formula is C21H29F2IN4S. The predicted octanol–water partition coefficient (Wildman–Crippen LogP) is 4.41. The van der Waals surface area contributed by atoms with Gasteiger partial charge in [-0.05, 0) is 60.2 Å². The van der Waals surface area contributed by atoms with Crippen LogP contribution in [0.5, 0.6) is 0 Å². The molecule has 1 aliphatic rings. The average molecular weight is 534 g/mol. The van der Waals surface area contributed by atoms with Gasteiger partial charge in [0.05, 0.1) is 0 Å². The van der Waals surface area contributed by atoms with Crippen LogP contribution in [0.15, 0.2) is 40.0 Å². The summed E-state index contributed by atoms with van der Waals surface area (Å²) in [6, 6.07) is 6.28. The van der Waals surface area contributed by atoms with E-state index in [2.05, 4.69) is 37.4 Å². The van der Waals surface area contributed by atoms with Gasteiger partial charge in [-0.1, -0.05) is 6.07 Å². The van der Waals surface area contributed by atoms with Gasteiger partial charge in [0.2, 0.25) is 0 Å². The van der Waals surface area contributed by atoms with Crippen molar-refractivity contribution in [1.29, 1.82) is 0 Å². The van der Waals surface area contributed by atoms with Crippen molar-refractivity contribution in [3.8, 4) is 0 Å². The summed E-state index contributed by atoms with van der Waals surface area (Å²) in [5.41, 5.74) is 1.88. The number of piperidine rings is 1. The Morgan fingerprint density at radius 1 is 1.24 bits per heavy atom. The van der Waals surface area contributed by atoms with E-state index in [4.69, 9.17) is 0 Å². The van der Waals surface area contributed by atoms with Crippen LogP contribution >= 0.6 is 35.3 Å². The first-order chi connectivity index (χ1) is 13.6. The van der Waals surface area contributed by atoms with Gasteiger partial charge in [0.1, 0.15) is 11.6 Å². The third-order valence-electron chi connectivity index (χ3n) is 4.93. The molecule has 3 rings (SSSR count). The molecule has 4 nitrogen and oxygen atoms in total. The van der Waals surface area contributed by atoms with Crippen molar-refractivity contribution in [2.45, 2.75) is 38.8 Å². The molecule has 2 N–H and O–H groups in total. The van der Waals surface area contributed by atoms with Crippen LogP contribution in [0, 0.1) is 11.6 Å². The van der Waals surface area contributed by atoms with Crippen molar-refractivity contribution >= 4 is 41.3 Å². The highest BCUT2D eigenvalue weighted by atomic mass is 127. The molecule has 8 heteroatoms. The Kier molecular flexibility index (Phi) is 10.3. The number of nitrogens with zero attached hydrogens (tertiary/aromatic N) is 2. The molecule has 29 heavy (non-hydrogen) atoms. The van der Waals surface area contributed by atoms with Gasteiger partial charge in [0, 0.05) is 44.8 Å². The first-order valence-electron chi connectivity index (χ1n) is 9.86. The minimum Gasteiger partial charge on any atom is -0.357 e. The standard InChI is InChI=1S/C21H28F2N4S.HI/c1-2-24-21(25-9-5-17-3-4-18(22)13-20(17)23)26-19-6-10-27(11-7-19)14-16-8-12-28-15-16;/h3-4,8,12-13,15,19H,2,5-7,9-11,14H2,1H3,(H2,24,25,26);1H. The van der Waals surface area contributed by atoms with Crippen molar-refractivity contribution in [1.82, 2.24) is 15.5 Å². The van der Waals surface area contributed by atoms with E-state index in [0.29, 0.717) is 24.6 Å². The molecule has 2 heterocycles. The Labute approximate surface area is 192 Å². The Morgan fingerprint density at radius 3 is 2.69 bits per heavy atom. The maximum atomic E-state index is 13.7. The van der Waals surface area contributed by atoms with Crippen molar-refractivity contribution in [2.75, 3.05) is 26.2 Å². The lowest BCUT2D eigenvalue weighted by Gasteiger charge is -2.33. The lowest BCUT2D eigenvalue weighted by Crippen LogP contribution is -2.48. The molecular weight excluding hydrogens is 505 g/mol. The highest BCUT2D eigenvalue weighted by molar-refractivity contribution is 14.0. The second kappa shape index (κ2) is 12.4. The number of halogens is 3. The molecule has 160 valence electrons. The van der Waals surface area contributed by atoms with Crippen LogP contribution in [-0.4, -0.2) is 43.1 Å². The highest BCUT2D eigenvalue weighted by Gasteiger charge is 2.20. The molecule has 0 aliphatic carbocycles. The van der Waals surface area contributed by atoms with E-state index in [0.717, 1.165) is 51.0 Å². The van der Waals surface area contributed by atoms with Gasteiger partial charge in [-0.15, -0.1) is 24.0 Å². The Bertz CT molecular complexity index is 762. The van der Waals surface area contributed by atoms with Gasteiger partial charge in [-0.3, -0.25) is 9.89 Å². The molecule has 2 aromatic rings. The molecule has 0 amide bonds. The largest absolute Gasteiger partial charge is 0.357 e. The van der Waals surface area contributed by atoms with Crippen molar-refractivity contribution in [2.24, 2.45) is 4.99 Å². The number of nitrogens with one attached hydrogen (secondary N) is 2. The van der Waals surface area contributed by atoms with Crippen LogP contribution in [0.25, 0.3) is 0 Å². The highest BCUT2D eigenvalue weighted by Crippen LogP contribution is 2.15. The van der Waals surface area contributed by atoms with Gasteiger partial charge in [0.25, 0.3) is 0 Å². The zero-order valence-corrected chi connectivity index (χ0v) is 19.8. The molecule has 1 aliphatic heterocycles. The van der Waals surface area contributed by atoms with Gasteiger partial charge in [-0.25, -0.2) is 8.78 Å². The zero-order chi connectivity index (χ0) is 19.8. The minimum absolute atomic E-state index is 0. The third-order valence-corrected chi connectivity index (χ3v) is 5.66. The van der Waals surface area contributed by atoms with E-state index in [1.165, 1.54) is 17.7 Å². The molecule has 1 aromatic heterocycles. The van der Waals surface area contributed by atoms with E-state index in [9.17, 15) is 8.78 Å². The Morgan fingerprint density at radius 2 is 2.03 bits per heavy atom. The van der Waals surface area contributed by atoms with Gasteiger partial charge >= 0.3 is 0 Å². The topological polar surface area (TPSA) is 39.7 Å². The second-order valence-electron chi connectivity index (χ2n) is 7.07. The number of hydrogen-bond acceptors (Lipinski definition) is 3. The predicted molar refractivity (Wildman–Crippen MR) is 127 cm³/mol. The molecule has 0 spiro atoms. The Balaban J connectivity index is 0.00000300. The summed E-state index contributed by atoms with van der Waals surface area (Å²) in [6.45, 7) is 6.40. The van der Waals surface area contributed by atoms with Crippen LogP contribution in [0.1, 0.15) is 30.9 Å². The maximum absolute atomic E-state index is 13.7. The zero-order valence-electron chi connectivity index (χ0n) is 16.7. The normalized spacial score (nSPS) is 15.8. The monoisotopic (exact) mass is 534 g/mol. The summed E-state index contributed by atoms with van der Waals surface area (Å²) in [5, 5.41) is 11.1. The van der Waals surface area contributed by atoms with Gasteiger partial charge in [0.15, 0.2) is 5.96 Å². The molecule has 1 aromatic carbocycles. The summed E-state index contributed by atoms with van der Waals surface area (Å²) in [7, 11) is 0. The summed E-state index contributed by atoms with van der Waals surface area (Å²) >= 11 is 1.75. The van der Waals surface area contributed by atoms with Crippen LogP contribution in [-0.2, 0) is 13.0 Å². The van der Waals surface area contributed by atoms with Gasteiger partial charge in [-0.2, -0.15) is 11.3 Å². The third kappa shape index (κ3) is 7.82. The van der Waals surface area contributed by atoms with Crippen LogP contribution in [0.2, 0.25) is 0 Å². The van der Waals surface area contributed by atoms with Crippen molar-refractivity contribution < 1.29 is 8.78 Å². The number of thiophene rings is 1. The quantitative estimate of drug-likeness (QED) is 0.314. The van der Waals surface area contributed by atoms with E-state index >= 15 is 0 Å². The molecule has 0 unspecified atom stereocenters. The number of benzene rings is 1. The first kappa shape index (κ1) is 24.0. The second-order valence-corrected chi connectivity index (χ2v) is 7.85. The number of rotatable bonds is 7. The number of aliphatic imine (C=N–C) groups is 1. The number of guanidine groups is 1. The Hall–Kier alpha value is -1.26. The fourth-order valence-electron chi connectivity index (χ4n) is 3.40. The average Bonchev–Trinajstić information content (AvgIpc) is 3.18. The molecule has 0 atom stereocenters. The van der Waals surface area contributed by atoms with E-state index in [1.54, 1.807) is 11.3 Å². The minimum atomic E-state index is -0.551. The molecule has 1 saturated heterocycles. The van der Waals surface area contributed by atoms with E-state index in [-0.39, 0.29) is 24.0 Å². The first-order valence-corrected chi connectivity index (χ1v) is 10.8. The van der Waals surface area contributed by atoms with E-state index < -0.39 is 11.6 Å². The fourth-order valence-corrected chi connectivity index (χ4v) is 4.06. The molecule has 1 fully saturated rings. The summed E-state index contributed by atoms with van der Waals surface area (Å²) in [4.78, 5) is 7.06. The molecule has 0 bridgehead atoms. The molecule has 0 radical (unpaired) electrons. The maximum Gasteiger partial charge on any atom is 0.191 e. The summed E-state index contributed by atoms with van der Waals surface area (Å²) in [6.07, 6.45) is 2.59. The summed E-state index contributed by atoms with van der Waals surface area (Å²) in [5.74, 6) is -0.294. The van der Waals surface area contributed by atoms with Crippen LogP contribution in [0.4, 0.5) is 8.78 Å². The van der Waals surface area contributed by atoms with Crippen molar-refractivity contribution in [3.05, 3.63) is 57.8 Å². The van der Waals surface area contributed by atoms with E-state index in [1.807, 2.05) is 6.92 Å². The van der Waals surface area contributed by atoms with Crippen molar-refractivity contribution in [3.63, 3.8) is 0 Å². The lowest BCUT2D eigenvalue weighted by atomic mass is 10.0. The fraction of sp³-hybridized carbons (Fsp3) is 0.476. The number of hydrogen-bond donors (Lipinski definition) is 2. The summed E-state index contributed by atoms with van der Waals surface area (Å²) < 4.78 is 26.7. The van der Waals surface area contributed by atoms with Crippen LogP contribution in [0.3, 0.4) is 0 Å². The van der Waals surface area contributed by atoms with Gasteiger partial charge < -0.3 is 10.6 Å². The lowest BCUT2D eigenvalue weighted by molar-refractivity contribution is 0.198. The SMILES string of the molecule is CCNC(=NCCc1ccc(F)cc1F)NC1CCN(Cc2ccsc2)CC1.I. The molecule has 0 saturated carbocycles. The smallest absolute Gasteiger partial charge is 0.191 e. The van der Waals surface area contributed by atoms with Crippen LogP contribution < -0.4 is 10.6 Å².